The Morgan fingerprint density at radius 1 is 1.18 bits per heavy atom. The van der Waals surface area contributed by atoms with Crippen molar-refractivity contribution in [1.29, 1.82) is 0 Å². The van der Waals surface area contributed by atoms with Gasteiger partial charge in [-0.25, -0.2) is 4.98 Å². The van der Waals surface area contributed by atoms with Gasteiger partial charge in [0.25, 0.3) is 5.56 Å². The summed E-state index contributed by atoms with van der Waals surface area (Å²) >= 11 is 0. The maximum atomic E-state index is 13.2. The highest BCUT2D eigenvalue weighted by Gasteiger charge is 2.38. The minimum Gasteiger partial charge on any atom is -0.369 e. The predicted molar refractivity (Wildman–Crippen MR) is 73.1 cm³/mol. The zero-order chi connectivity index (χ0) is 15.9. The fraction of sp³-hybridized carbons (Fsp3) is 0.154. The summed E-state index contributed by atoms with van der Waals surface area (Å²) in [5.41, 5.74) is 4.64. The number of fused-ring (bicyclic) bond motifs is 1. The Kier molecular flexibility index (Phi) is 3.12. The van der Waals surface area contributed by atoms with Crippen LogP contribution in [0.1, 0.15) is 11.4 Å². The number of H-pyrrole nitrogens is 1. The maximum absolute atomic E-state index is 13.2. The maximum Gasteiger partial charge on any atom is 0.449 e. The molecule has 0 spiro atoms. The lowest BCUT2D eigenvalue weighted by Crippen LogP contribution is -2.16. The monoisotopic (exact) mass is 309 g/mol. The van der Waals surface area contributed by atoms with Gasteiger partial charge in [0, 0.05) is 0 Å². The van der Waals surface area contributed by atoms with Gasteiger partial charge in [-0.3, -0.25) is 9.78 Å². The number of nitrogens with two attached hydrogens (primary N) is 1. The number of nitrogen functional groups attached to an aromatic ring is 1. The first-order valence-corrected chi connectivity index (χ1v) is 6.23. The molecule has 0 amide bonds. The van der Waals surface area contributed by atoms with Crippen molar-refractivity contribution in [2.24, 2.45) is 0 Å². The lowest BCUT2D eigenvalue weighted by molar-refractivity contribution is -0.146. The summed E-state index contributed by atoms with van der Waals surface area (Å²) in [6, 6.07) is 8.50. The average molecular weight is 309 g/mol. The van der Waals surface area contributed by atoms with Crippen LogP contribution in [0.2, 0.25) is 0 Å². The summed E-state index contributed by atoms with van der Waals surface area (Å²) in [6.45, 7) is -0.123. The van der Waals surface area contributed by atoms with E-state index in [1.165, 1.54) is 0 Å². The van der Waals surface area contributed by atoms with E-state index in [4.69, 9.17) is 5.73 Å². The molecule has 3 rings (SSSR count). The van der Waals surface area contributed by atoms with Crippen molar-refractivity contribution in [1.82, 2.24) is 19.5 Å². The Hall–Kier alpha value is -2.84. The molecule has 0 radical (unpaired) electrons. The number of alkyl halides is 3. The highest BCUT2D eigenvalue weighted by Crippen LogP contribution is 2.30. The molecule has 22 heavy (non-hydrogen) atoms. The number of nitrogens with zero attached hydrogens (tertiary/aromatic N) is 3. The normalized spacial score (nSPS) is 12.0. The molecule has 0 saturated heterocycles. The van der Waals surface area contributed by atoms with E-state index in [0.717, 1.165) is 4.57 Å². The minimum atomic E-state index is -4.71. The molecule has 0 unspecified atom stereocenters. The first kappa shape index (κ1) is 14.1. The Balaban J connectivity index is 2.27. The van der Waals surface area contributed by atoms with Gasteiger partial charge in [0.1, 0.15) is 0 Å². The van der Waals surface area contributed by atoms with Gasteiger partial charge in [0.2, 0.25) is 11.8 Å². The number of aromatic amines is 1. The molecule has 0 aliphatic carbocycles. The number of hydrogen-bond acceptors (Lipinski definition) is 4. The zero-order valence-electron chi connectivity index (χ0n) is 11.1. The summed E-state index contributed by atoms with van der Waals surface area (Å²) in [7, 11) is 0. The third-order valence-corrected chi connectivity index (χ3v) is 3.06. The van der Waals surface area contributed by atoms with Gasteiger partial charge >= 0.3 is 6.18 Å². The lowest BCUT2D eigenvalue weighted by Gasteiger charge is -2.10. The molecule has 0 bridgehead atoms. The van der Waals surface area contributed by atoms with Gasteiger partial charge < -0.3 is 10.3 Å². The summed E-state index contributed by atoms with van der Waals surface area (Å²) in [6.07, 6.45) is -4.71. The minimum absolute atomic E-state index is 0.123. The molecular weight excluding hydrogens is 299 g/mol. The van der Waals surface area contributed by atoms with Gasteiger partial charge in [0.15, 0.2) is 11.2 Å². The summed E-state index contributed by atoms with van der Waals surface area (Å²) in [4.78, 5) is 21.0. The molecule has 3 N–H and O–H groups in total. The van der Waals surface area contributed by atoms with E-state index < -0.39 is 23.1 Å². The van der Waals surface area contributed by atoms with Gasteiger partial charge in [-0.15, -0.1) is 0 Å². The Morgan fingerprint density at radius 3 is 2.50 bits per heavy atom. The van der Waals surface area contributed by atoms with Crippen LogP contribution in [0.15, 0.2) is 35.1 Å². The fourth-order valence-corrected chi connectivity index (χ4v) is 2.16. The molecule has 0 aliphatic rings. The van der Waals surface area contributed by atoms with Crippen LogP contribution in [-0.2, 0) is 12.7 Å². The van der Waals surface area contributed by atoms with Crippen LogP contribution >= 0.6 is 0 Å². The van der Waals surface area contributed by atoms with Crippen LogP contribution in [0.25, 0.3) is 11.2 Å². The van der Waals surface area contributed by atoms with Crippen LogP contribution in [0.5, 0.6) is 0 Å². The molecule has 0 fully saturated rings. The highest BCUT2D eigenvalue weighted by atomic mass is 19.4. The second kappa shape index (κ2) is 4.86. The van der Waals surface area contributed by atoms with Crippen molar-refractivity contribution in [3.8, 4) is 0 Å². The standard InChI is InChI=1S/C13H10F3N5O/c14-13(15,16)11-18-8-9(19-12(17)20-10(8)22)21(11)6-7-4-2-1-3-5-7/h1-5H,6H2,(H3,17,19,20,22). The van der Waals surface area contributed by atoms with Crippen LogP contribution in [0.3, 0.4) is 0 Å². The van der Waals surface area contributed by atoms with Crippen LogP contribution in [0, 0.1) is 0 Å². The van der Waals surface area contributed by atoms with Crippen molar-refractivity contribution in [2.75, 3.05) is 5.73 Å². The lowest BCUT2D eigenvalue weighted by atomic mass is 10.2. The quantitative estimate of drug-likeness (QED) is 0.755. The molecule has 1 aromatic carbocycles. The third kappa shape index (κ3) is 2.41. The number of rotatable bonds is 2. The Labute approximate surface area is 121 Å². The smallest absolute Gasteiger partial charge is 0.369 e. The first-order chi connectivity index (χ1) is 10.4. The molecular formula is C13H10F3N5O. The highest BCUT2D eigenvalue weighted by molar-refractivity contribution is 5.71. The van der Waals surface area contributed by atoms with Crippen LogP contribution in [-0.4, -0.2) is 19.5 Å². The van der Waals surface area contributed by atoms with Crippen molar-refractivity contribution < 1.29 is 13.2 Å². The van der Waals surface area contributed by atoms with E-state index in [0.29, 0.717) is 5.56 Å². The van der Waals surface area contributed by atoms with Crippen molar-refractivity contribution in [3.05, 3.63) is 52.1 Å². The van der Waals surface area contributed by atoms with E-state index in [-0.39, 0.29) is 18.1 Å². The van der Waals surface area contributed by atoms with E-state index >= 15 is 0 Å². The largest absolute Gasteiger partial charge is 0.449 e. The molecule has 9 heteroatoms. The number of benzene rings is 1. The van der Waals surface area contributed by atoms with Crippen LogP contribution in [0.4, 0.5) is 19.1 Å². The van der Waals surface area contributed by atoms with Gasteiger partial charge in [0.05, 0.1) is 6.54 Å². The molecule has 3 aromatic rings. The molecule has 114 valence electrons. The molecule has 0 atom stereocenters. The van der Waals surface area contributed by atoms with Gasteiger partial charge in [-0.1, -0.05) is 30.3 Å². The predicted octanol–water partition coefficient (Wildman–Crippen LogP) is 1.77. The average Bonchev–Trinajstić information content (AvgIpc) is 2.79. The molecule has 2 aromatic heterocycles. The number of halogens is 3. The van der Waals surface area contributed by atoms with Gasteiger partial charge in [-0.2, -0.15) is 18.2 Å². The summed E-state index contributed by atoms with van der Waals surface area (Å²) in [5, 5.41) is 0. The van der Waals surface area contributed by atoms with E-state index in [2.05, 4.69) is 15.0 Å². The van der Waals surface area contributed by atoms with Gasteiger partial charge in [-0.05, 0) is 5.56 Å². The Morgan fingerprint density at radius 2 is 1.86 bits per heavy atom. The van der Waals surface area contributed by atoms with Crippen molar-refractivity contribution >= 4 is 17.1 Å². The molecule has 0 saturated carbocycles. The second-order valence-corrected chi connectivity index (χ2v) is 4.63. The van der Waals surface area contributed by atoms with E-state index in [1.54, 1.807) is 30.3 Å². The molecule has 2 heterocycles. The fourth-order valence-electron chi connectivity index (χ4n) is 2.16. The first-order valence-electron chi connectivity index (χ1n) is 6.23. The zero-order valence-corrected chi connectivity index (χ0v) is 11.1. The third-order valence-electron chi connectivity index (χ3n) is 3.06. The number of nitrogens with one attached hydrogen (secondary N) is 1. The Bertz CT molecular complexity index is 882. The second-order valence-electron chi connectivity index (χ2n) is 4.63. The van der Waals surface area contributed by atoms with Crippen LogP contribution < -0.4 is 11.3 Å². The topological polar surface area (TPSA) is 89.6 Å². The number of imidazole rings is 1. The number of anilines is 1. The molecule has 6 nitrogen and oxygen atoms in total. The van der Waals surface area contributed by atoms with Crippen molar-refractivity contribution in [2.45, 2.75) is 12.7 Å². The van der Waals surface area contributed by atoms with E-state index in [1.807, 2.05) is 0 Å². The number of aromatic nitrogens is 4. The summed E-state index contributed by atoms with van der Waals surface area (Å²) < 4.78 is 40.3. The molecule has 0 aliphatic heterocycles. The van der Waals surface area contributed by atoms with E-state index in [9.17, 15) is 18.0 Å². The summed E-state index contributed by atoms with van der Waals surface area (Å²) in [5.74, 6) is -1.45. The SMILES string of the molecule is Nc1nc2c(nc(C(F)(F)F)n2Cc2ccccc2)c(=O)[nH]1. The van der Waals surface area contributed by atoms with Crippen molar-refractivity contribution in [3.63, 3.8) is 0 Å². The number of hydrogen-bond donors (Lipinski definition) is 2.